The Labute approximate surface area is 298 Å². The number of benzene rings is 4. The Balaban J connectivity index is 1.12. The zero-order valence-electron chi connectivity index (χ0n) is 29.0. The number of ether oxygens (including phenoxy) is 1. The molecule has 0 atom stereocenters. The van der Waals surface area contributed by atoms with Crippen LogP contribution in [0.4, 0.5) is 0 Å². The van der Waals surface area contributed by atoms with Crippen LogP contribution in [0.25, 0.3) is 50.8 Å². The molecule has 7 heteroatoms. The quantitative estimate of drug-likeness (QED) is 0.0945. The van der Waals surface area contributed by atoms with Gasteiger partial charge >= 0.3 is 0 Å². The van der Waals surface area contributed by atoms with Crippen molar-refractivity contribution in [1.82, 2.24) is 20.4 Å². The first-order chi connectivity index (χ1) is 25.0. The monoisotopic (exact) mass is 670 g/mol. The van der Waals surface area contributed by atoms with E-state index in [4.69, 9.17) is 13.6 Å². The molecule has 0 aliphatic heterocycles. The van der Waals surface area contributed by atoms with Crippen LogP contribution in [0.2, 0.25) is 0 Å². The SMILES string of the molecule is C\C=C/C(=C\C=C(/C)c1ccccc1)c1nnc(-c2ccc(O/C(C)=C/C=C(\C=C/C)c3nnc(-c4ccc(-c5ccccc5)cc4)o3)cc2)o1. The van der Waals surface area contributed by atoms with Crippen molar-refractivity contribution in [1.29, 1.82) is 0 Å². The van der Waals surface area contributed by atoms with Crippen molar-refractivity contribution in [2.45, 2.75) is 27.7 Å². The Bertz CT molecular complexity index is 2230. The maximum absolute atomic E-state index is 6.09. The van der Waals surface area contributed by atoms with Crippen molar-refractivity contribution < 1.29 is 13.6 Å². The number of hydrogen-bond donors (Lipinski definition) is 0. The second kappa shape index (κ2) is 16.7. The van der Waals surface area contributed by atoms with E-state index in [2.05, 4.69) is 69.8 Å². The molecule has 6 aromatic rings. The van der Waals surface area contributed by atoms with Gasteiger partial charge in [0.2, 0.25) is 23.6 Å². The third-order valence-electron chi connectivity index (χ3n) is 7.90. The van der Waals surface area contributed by atoms with Gasteiger partial charge in [-0.05, 0) is 105 Å². The van der Waals surface area contributed by atoms with E-state index in [1.807, 2.05) is 136 Å². The maximum atomic E-state index is 6.09. The van der Waals surface area contributed by atoms with Crippen molar-refractivity contribution in [3.63, 3.8) is 0 Å². The molecule has 7 nitrogen and oxygen atoms in total. The molecule has 0 spiro atoms. The topological polar surface area (TPSA) is 87.1 Å². The van der Waals surface area contributed by atoms with Gasteiger partial charge in [0.25, 0.3) is 0 Å². The molecule has 0 amide bonds. The highest BCUT2D eigenvalue weighted by atomic mass is 16.5. The lowest BCUT2D eigenvalue weighted by atomic mass is 10.0. The van der Waals surface area contributed by atoms with E-state index in [0.29, 0.717) is 35.1 Å². The summed E-state index contributed by atoms with van der Waals surface area (Å²) in [6, 6.07) is 36.1. The van der Waals surface area contributed by atoms with Gasteiger partial charge in [0.1, 0.15) is 11.5 Å². The van der Waals surface area contributed by atoms with Crippen molar-refractivity contribution in [2.75, 3.05) is 0 Å². The van der Waals surface area contributed by atoms with E-state index in [0.717, 1.165) is 44.5 Å². The van der Waals surface area contributed by atoms with Crippen LogP contribution in [0, 0.1) is 0 Å². The van der Waals surface area contributed by atoms with Crippen molar-refractivity contribution in [3.05, 3.63) is 181 Å². The summed E-state index contributed by atoms with van der Waals surface area (Å²) in [5, 5.41) is 17.2. The molecule has 0 bridgehead atoms. The lowest BCUT2D eigenvalue weighted by Gasteiger charge is -2.05. The fourth-order valence-corrected chi connectivity index (χ4v) is 5.21. The minimum Gasteiger partial charge on any atom is -0.462 e. The third-order valence-corrected chi connectivity index (χ3v) is 7.90. The second-order valence-corrected chi connectivity index (χ2v) is 11.6. The van der Waals surface area contributed by atoms with Crippen LogP contribution in [0.5, 0.6) is 5.75 Å². The lowest BCUT2D eigenvalue weighted by molar-refractivity contribution is 0.428. The molecule has 0 radical (unpaired) electrons. The molecule has 0 unspecified atom stereocenters. The van der Waals surface area contributed by atoms with Gasteiger partial charge in [0, 0.05) is 22.3 Å². The third kappa shape index (κ3) is 8.90. The highest BCUT2D eigenvalue weighted by molar-refractivity contribution is 5.75. The second-order valence-electron chi connectivity index (χ2n) is 11.6. The van der Waals surface area contributed by atoms with Gasteiger partial charge in [0.15, 0.2) is 0 Å². The van der Waals surface area contributed by atoms with Crippen molar-refractivity contribution >= 4 is 16.7 Å². The highest BCUT2D eigenvalue weighted by Gasteiger charge is 2.13. The fourth-order valence-electron chi connectivity index (χ4n) is 5.21. The van der Waals surface area contributed by atoms with E-state index >= 15 is 0 Å². The summed E-state index contributed by atoms with van der Waals surface area (Å²) in [5.41, 5.74) is 7.79. The van der Waals surface area contributed by atoms with E-state index in [9.17, 15) is 0 Å². The van der Waals surface area contributed by atoms with Crippen LogP contribution in [0.15, 0.2) is 172 Å². The Morgan fingerprint density at radius 1 is 0.510 bits per heavy atom. The minimum atomic E-state index is 0.414. The molecule has 0 fully saturated rings. The Hall–Kier alpha value is -6.60. The molecule has 0 saturated carbocycles. The molecular weight excluding hydrogens is 633 g/mol. The van der Waals surface area contributed by atoms with Gasteiger partial charge in [-0.2, -0.15) is 0 Å². The molecule has 0 saturated heterocycles. The first-order valence-electron chi connectivity index (χ1n) is 16.7. The van der Waals surface area contributed by atoms with Gasteiger partial charge in [-0.25, -0.2) is 0 Å². The van der Waals surface area contributed by atoms with Gasteiger partial charge in [-0.1, -0.05) is 103 Å². The number of rotatable bonds is 12. The number of aromatic nitrogens is 4. The summed E-state index contributed by atoms with van der Waals surface area (Å²) in [4.78, 5) is 0. The predicted molar refractivity (Wildman–Crippen MR) is 205 cm³/mol. The fraction of sp³-hybridized carbons (Fsp3) is 0.0909. The molecule has 6 rings (SSSR count). The summed E-state index contributed by atoms with van der Waals surface area (Å²) in [5.74, 6) is 3.08. The summed E-state index contributed by atoms with van der Waals surface area (Å²) >= 11 is 0. The van der Waals surface area contributed by atoms with E-state index in [1.165, 1.54) is 0 Å². The Morgan fingerprint density at radius 2 is 0.980 bits per heavy atom. The number of allylic oxidation sites excluding steroid dienone is 12. The molecule has 4 aromatic carbocycles. The predicted octanol–water partition coefficient (Wildman–Crippen LogP) is 11.5. The summed E-state index contributed by atoms with van der Waals surface area (Å²) < 4.78 is 18.2. The molecule has 0 N–H and O–H groups in total. The number of hydrogen-bond acceptors (Lipinski definition) is 7. The zero-order valence-corrected chi connectivity index (χ0v) is 29.0. The van der Waals surface area contributed by atoms with Crippen molar-refractivity contribution in [2.24, 2.45) is 0 Å². The normalized spacial score (nSPS) is 13.0. The van der Waals surface area contributed by atoms with E-state index in [-0.39, 0.29) is 0 Å². The highest BCUT2D eigenvalue weighted by Crippen LogP contribution is 2.28. The first-order valence-corrected chi connectivity index (χ1v) is 16.7. The van der Waals surface area contributed by atoms with Crippen LogP contribution < -0.4 is 4.74 Å². The summed E-state index contributed by atoms with van der Waals surface area (Å²) in [7, 11) is 0. The average Bonchev–Trinajstić information content (AvgIpc) is 3.88. The van der Waals surface area contributed by atoms with Crippen LogP contribution in [-0.2, 0) is 0 Å². The van der Waals surface area contributed by atoms with E-state index < -0.39 is 0 Å². The molecule has 2 heterocycles. The average molecular weight is 671 g/mol. The lowest BCUT2D eigenvalue weighted by Crippen LogP contribution is -1.90. The van der Waals surface area contributed by atoms with Crippen LogP contribution in [-0.4, -0.2) is 20.4 Å². The van der Waals surface area contributed by atoms with Gasteiger partial charge < -0.3 is 13.6 Å². The van der Waals surface area contributed by atoms with E-state index in [1.54, 1.807) is 0 Å². The van der Waals surface area contributed by atoms with Gasteiger partial charge in [0.05, 0.1) is 0 Å². The molecule has 2 aromatic heterocycles. The largest absolute Gasteiger partial charge is 0.462 e. The molecule has 0 aliphatic carbocycles. The van der Waals surface area contributed by atoms with Crippen LogP contribution >= 0.6 is 0 Å². The smallest absolute Gasteiger partial charge is 0.248 e. The standard InChI is InChI=1S/C44H38N4O3/c1-5-13-36(21-19-31(3)33-15-9-7-10-16-33)41-45-48-44(50-41)39-27-29-40(30-28-39)49-32(4)20-22-37(14-6-2)42-46-47-43(51-42)38-25-23-35(24-26-38)34-17-11-8-12-18-34/h5-30H,1-4H3/b13-5-,14-6-,31-19+,32-20+,36-21+,37-22+. The Kier molecular flexibility index (Phi) is 11.2. The maximum Gasteiger partial charge on any atom is 0.248 e. The summed E-state index contributed by atoms with van der Waals surface area (Å²) in [6.45, 7) is 7.86. The molecule has 0 aliphatic rings. The zero-order chi connectivity index (χ0) is 35.4. The van der Waals surface area contributed by atoms with Crippen molar-refractivity contribution in [3.8, 4) is 39.8 Å². The molecular formula is C44H38N4O3. The Morgan fingerprint density at radius 3 is 1.53 bits per heavy atom. The van der Waals surface area contributed by atoms with Crippen LogP contribution in [0.1, 0.15) is 45.0 Å². The summed E-state index contributed by atoms with van der Waals surface area (Å²) in [6.07, 6.45) is 15.6. The first kappa shape index (κ1) is 34.3. The van der Waals surface area contributed by atoms with Gasteiger partial charge in [-0.3, -0.25) is 0 Å². The molecule has 51 heavy (non-hydrogen) atoms. The molecule has 252 valence electrons. The number of nitrogens with zero attached hydrogens (tertiary/aromatic N) is 4. The minimum absolute atomic E-state index is 0.414. The van der Waals surface area contributed by atoms with Crippen LogP contribution in [0.3, 0.4) is 0 Å². The van der Waals surface area contributed by atoms with Gasteiger partial charge in [-0.15, -0.1) is 20.4 Å².